The number of rotatable bonds is 42. The smallest absolute Gasteiger partial charge is 0.472 e. The molecule has 324 valence electrons. The summed E-state index contributed by atoms with van der Waals surface area (Å²) >= 11 is 0. The third-order valence-electron chi connectivity index (χ3n) is 9.79. The van der Waals surface area contributed by atoms with Crippen molar-refractivity contribution in [2.24, 2.45) is 0 Å². The van der Waals surface area contributed by atoms with Gasteiger partial charge in [0.05, 0.1) is 34.0 Å². The van der Waals surface area contributed by atoms with Gasteiger partial charge in [-0.15, -0.1) is 0 Å². The highest BCUT2D eigenvalue weighted by Crippen LogP contribution is 2.43. The van der Waals surface area contributed by atoms with Crippen LogP contribution in [0.15, 0.2) is 36.6 Å². The number of carbonyl (C=O) groups excluding carboxylic acids is 1. The van der Waals surface area contributed by atoms with Gasteiger partial charge in [-0.05, 0) is 57.4 Å². The Kier molecular flexibility index (Phi) is 38.4. The first kappa shape index (κ1) is 53.6. The lowest BCUT2D eigenvalue weighted by Gasteiger charge is -2.24. The van der Waals surface area contributed by atoms with Crippen molar-refractivity contribution in [3.8, 4) is 0 Å². The number of allylic oxidation sites excluding steroid dienone is 5. The van der Waals surface area contributed by atoms with Crippen LogP contribution in [0.25, 0.3) is 0 Å². The van der Waals surface area contributed by atoms with Crippen LogP contribution in [0.4, 0.5) is 0 Å². The molecular weight excluding hydrogens is 709 g/mol. The van der Waals surface area contributed by atoms with Crippen molar-refractivity contribution >= 4 is 13.8 Å². The van der Waals surface area contributed by atoms with Crippen LogP contribution in [-0.2, 0) is 27.9 Å². The summed E-state index contributed by atoms with van der Waals surface area (Å²) < 4.78 is 34.8. The summed E-state index contributed by atoms with van der Waals surface area (Å²) in [6, 6.07) is 0. The van der Waals surface area contributed by atoms with Crippen molar-refractivity contribution in [1.29, 1.82) is 0 Å². The second-order valence-corrected chi connectivity index (χ2v) is 18.0. The summed E-state index contributed by atoms with van der Waals surface area (Å²) in [5.74, 6) is -0.283. The highest BCUT2D eigenvalue weighted by Gasteiger charge is 2.25. The lowest BCUT2D eigenvalue weighted by Crippen LogP contribution is -2.37. The van der Waals surface area contributed by atoms with Crippen molar-refractivity contribution in [3.05, 3.63) is 36.6 Å². The predicted molar refractivity (Wildman–Crippen MR) is 233 cm³/mol. The number of hydrogen-bond acceptors (Lipinski definition) is 6. The largest absolute Gasteiger partial charge is 0.492 e. The van der Waals surface area contributed by atoms with Gasteiger partial charge in [0.15, 0.2) is 6.10 Å². The second-order valence-electron chi connectivity index (χ2n) is 16.5. The molecule has 0 amide bonds. The molecule has 0 aromatic rings. The van der Waals surface area contributed by atoms with Gasteiger partial charge in [0.2, 0.25) is 0 Å². The summed E-state index contributed by atoms with van der Waals surface area (Å²) in [6.07, 6.45) is 47.0. The summed E-state index contributed by atoms with van der Waals surface area (Å²) in [5.41, 5.74) is 0. The average molecular weight is 799 g/mol. The lowest BCUT2D eigenvalue weighted by molar-refractivity contribution is -0.870. The molecule has 0 fully saturated rings. The van der Waals surface area contributed by atoms with Crippen molar-refractivity contribution in [1.82, 2.24) is 0 Å². The maximum Gasteiger partial charge on any atom is 0.472 e. The maximum atomic E-state index is 12.5. The Hall–Kier alpha value is -1.44. The Morgan fingerprint density at radius 3 is 1.53 bits per heavy atom. The molecule has 0 saturated heterocycles. The molecule has 0 radical (unpaired) electrons. The normalized spacial score (nSPS) is 14.0. The first-order chi connectivity index (χ1) is 26.6. The molecular formula is C46H89NO7P+. The number of unbranched alkanes of at least 4 members (excludes halogenated alkanes) is 24. The number of hydrogen-bond donors (Lipinski definition) is 1. The number of likely N-dealkylation sites (N-methyl/N-ethyl adjacent to an activating group) is 1. The Bertz CT molecular complexity index is 978. The standard InChI is InChI=1S/C46H88NO7P/c1-6-8-10-12-14-16-18-20-22-24-25-27-29-31-33-35-37-39-46(48)52-43-45(44-54-55(49,50)53-42-40-47(3,4)5)51-41-38-36-34-32-30-28-26-23-21-19-17-15-13-11-9-7-2/h14,16,20,22,38,41,45H,6-13,15,17-19,21,23-37,39-40,42-44H2,1-5H3/p+1/b16-14-,22-20-,41-38-. The number of carbonyl (C=O) groups is 1. The first-order valence-corrected chi connectivity index (χ1v) is 24.3. The average Bonchev–Trinajstić information content (AvgIpc) is 3.14. The Labute approximate surface area is 340 Å². The van der Waals surface area contributed by atoms with Crippen LogP contribution in [-0.4, -0.2) is 69.0 Å². The van der Waals surface area contributed by atoms with Crippen molar-refractivity contribution in [2.75, 3.05) is 47.5 Å². The molecule has 55 heavy (non-hydrogen) atoms. The summed E-state index contributed by atoms with van der Waals surface area (Å²) in [5, 5.41) is 0. The molecule has 0 spiro atoms. The molecule has 8 nitrogen and oxygen atoms in total. The van der Waals surface area contributed by atoms with E-state index in [2.05, 4.69) is 38.2 Å². The topological polar surface area (TPSA) is 91.3 Å². The zero-order valence-corrected chi connectivity index (χ0v) is 37.6. The monoisotopic (exact) mass is 799 g/mol. The maximum absolute atomic E-state index is 12.5. The molecule has 0 bridgehead atoms. The van der Waals surface area contributed by atoms with E-state index in [9.17, 15) is 14.3 Å². The molecule has 0 aliphatic rings. The zero-order valence-electron chi connectivity index (χ0n) is 36.7. The third-order valence-corrected chi connectivity index (χ3v) is 10.8. The van der Waals surface area contributed by atoms with E-state index in [4.69, 9.17) is 18.5 Å². The van der Waals surface area contributed by atoms with E-state index < -0.39 is 13.9 Å². The van der Waals surface area contributed by atoms with Gasteiger partial charge in [-0.2, -0.15) is 0 Å². The molecule has 0 aromatic carbocycles. The number of phosphoric acid groups is 1. The third kappa shape index (κ3) is 43.5. The van der Waals surface area contributed by atoms with Gasteiger partial charge in [-0.1, -0.05) is 167 Å². The van der Waals surface area contributed by atoms with Gasteiger partial charge in [-0.25, -0.2) is 4.57 Å². The molecule has 2 unspecified atom stereocenters. The van der Waals surface area contributed by atoms with Crippen LogP contribution in [0.1, 0.15) is 200 Å². The van der Waals surface area contributed by atoms with E-state index in [1.165, 1.54) is 135 Å². The van der Waals surface area contributed by atoms with E-state index in [0.717, 1.165) is 44.9 Å². The van der Waals surface area contributed by atoms with Gasteiger partial charge in [0, 0.05) is 6.42 Å². The van der Waals surface area contributed by atoms with E-state index >= 15 is 0 Å². The van der Waals surface area contributed by atoms with E-state index in [1.54, 1.807) is 6.26 Å². The van der Waals surface area contributed by atoms with Gasteiger partial charge in [0.25, 0.3) is 0 Å². The first-order valence-electron chi connectivity index (χ1n) is 22.8. The molecule has 9 heteroatoms. The van der Waals surface area contributed by atoms with Crippen LogP contribution in [0.2, 0.25) is 0 Å². The summed E-state index contributed by atoms with van der Waals surface area (Å²) in [6.45, 7) is 4.89. The highest BCUT2D eigenvalue weighted by molar-refractivity contribution is 7.47. The van der Waals surface area contributed by atoms with Gasteiger partial charge >= 0.3 is 13.8 Å². The van der Waals surface area contributed by atoms with Crippen LogP contribution < -0.4 is 0 Å². The molecule has 0 saturated carbocycles. The fourth-order valence-electron chi connectivity index (χ4n) is 6.16. The zero-order chi connectivity index (χ0) is 40.6. The number of nitrogens with zero attached hydrogens (tertiary/aromatic N) is 1. The fraction of sp³-hybridized carbons (Fsp3) is 0.848. The van der Waals surface area contributed by atoms with E-state index in [0.29, 0.717) is 17.4 Å². The second kappa shape index (κ2) is 39.4. The minimum atomic E-state index is -4.27. The number of esters is 1. The number of ether oxygens (including phenoxy) is 2. The Morgan fingerprint density at radius 1 is 0.582 bits per heavy atom. The van der Waals surface area contributed by atoms with Gasteiger partial charge in [-0.3, -0.25) is 13.8 Å². The molecule has 0 aliphatic heterocycles. The van der Waals surface area contributed by atoms with Gasteiger partial charge < -0.3 is 18.9 Å². The number of phosphoric ester groups is 1. The van der Waals surface area contributed by atoms with Gasteiger partial charge in [0.1, 0.15) is 19.8 Å². The molecule has 2 atom stereocenters. The van der Waals surface area contributed by atoms with Crippen LogP contribution in [0, 0.1) is 0 Å². The minimum Gasteiger partial charge on any atom is -0.492 e. The van der Waals surface area contributed by atoms with Crippen LogP contribution >= 0.6 is 7.82 Å². The quantitative estimate of drug-likeness (QED) is 0.0164. The minimum absolute atomic E-state index is 0.0510. The SMILES string of the molecule is CCCCC/C=C\C/C=C\CCCCCCCCCC(=O)OCC(COP(=O)(O)OCC[N+](C)(C)C)O/C=C\CCCCCCCCCCCCCCCC. The summed E-state index contributed by atoms with van der Waals surface area (Å²) in [7, 11) is 1.67. The summed E-state index contributed by atoms with van der Waals surface area (Å²) in [4.78, 5) is 22.7. The van der Waals surface area contributed by atoms with Crippen LogP contribution in [0.3, 0.4) is 0 Å². The molecule has 0 aromatic heterocycles. The van der Waals surface area contributed by atoms with Crippen molar-refractivity contribution < 1.29 is 37.3 Å². The van der Waals surface area contributed by atoms with Crippen molar-refractivity contribution in [2.45, 2.75) is 206 Å². The van der Waals surface area contributed by atoms with Crippen molar-refractivity contribution in [3.63, 3.8) is 0 Å². The van der Waals surface area contributed by atoms with E-state index in [1.807, 2.05) is 27.2 Å². The molecule has 1 N–H and O–H groups in total. The molecule has 0 rings (SSSR count). The van der Waals surface area contributed by atoms with Crippen LogP contribution in [0.5, 0.6) is 0 Å². The lowest BCUT2D eigenvalue weighted by atomic mass is 10.0. The highest BCUT2D eigenvalue weighted by atomic mass is 31.2. The number of quaternary nitrogens is 1. The predicted octanol–water partition coefficient (Wildman–Crippen LogP) is 13.7. The molecule has 0 aliphatic carbocycles. The Balaban J connectivity index is 4.26. The Morgan fingerprint density at radius 2 is 1.02 bits per heavy atom. The fourth-order valence-corrected chi connectivity index (χ4v) is 6.90. The van der Waals surface area contributed by atoms with E-state index in [-0.39, 0.29) is 25.8 Å². The molecule has 0 heterocycles.